The summed E-state index contributed by atoms with van der Waals surface area (Å²) in [6, 6.07) is 0.762. The monoisotopic (exact) mass is 255 g/mol. The van der Waals surface area contributed by atoms with Crippen LogP contribution in [-0.4, -0.2) is 42.6 Å². The first-order valence-electron chi connectivity index (χ1n) is 6.17. The number of nitrogens with one attached hydrogen (secondary N) is 1. The largest absolute Gasteiger partial charge is 0.376 e. The van der Waals surface area contributed by atoms with Crippen molar-refractivity contribution in [1.82, 2.24) is 15.5 Å². The van der Waals surface area contributed by atoms with Crippen LogP contribution >= 0.6 is 11.3 Å². The summed E-state index contributed by atoms with van der Waals surface area (Å²) in [7, 11) is 0. The van der Waals surface area contributed by atoms with E-state index in [0.29, 0.717) is 19.8 Å². The van der Waals surface area contributed by atoms with Crippen LogP contribution < -0.4 is 5.32 Å². The number of nitrogens with zero attached hydrogens (tertiary/aromatic N) is 2. The average Bonchev–Trinajstić information content (AvgIpc) is 3.07. The average molecular weight is 255 g/mol. The molecule has 1 aromatic heterocycles. The van der Waals surface area contributed by atoms with Crippen molar-refractivity contribution < 1.29 is 9.47 Å². The molecule has 1 N–H and O–H groups in total. The topological polar surface area (TPSA) is 56.3 Å². The zero-order valence-electron chi connectivity index (χ0n) is 9.72. The van der Waals surface area contributed by atoms with E-state index in [1.807, 2.05) is 0 Å². The van der Waals surface area contributed by atoms with E-state index in [4.69, 9.17) is 9.47 Å². The molecule has 1 unspecified atom stereocenters. The molecule has 2 fully saturated rings. The van der Waals surface area contributed by atoms with Gasteiger partial charge in [0.25, 0.3) is 0 Å². The lowest BCUT2D eigenvalue weighted by molar-refractivity contribution is -0.0903. The lowest BCUT2D eigenvalue weighted by Gasteiger charge is -2.20. The fourth-order valence-corrected chi connectivity index (χ4v) is 2.68. The van der Waals surface area contributed by atoms with Gasteiger partial charge in [-0.3, -0.25) is 0 Å². The molecule has 1 aliphatic carbocycles. The molecule has 3 rings (SSSR count). The SMILES string of the molecule is C(Cc1nnc(C2COCCO2)s1)NC1CC1. The van der Waals surface area contributed by atoms with E-state index in [-0.39, 0.29) is 6.10 Å². The number of ether oxygens (including phenoxy) is 2. The van der Waals surface area contributed by atoms with Crippen molar-refractivity contribution in [2.24, 2.45) is 0 Å². The van der Waals surface area contributed by atoms with E-state index < -0.39 is 0 Å². The fraction of sp³-hybridized carbons (Fsp3) is 0.818. The maximum atomic E-state index is 5.60. The van der Waals surface area contributed by atoms with Gasteiger partial charge in [0.05, 0.1) is 19.8 Å². The van der Waals surface area contributed by atoms with Crippen LogP contribution in [0.1, 0.15) is 29.0 Å². The van der Waals surface area contributed by atoms with Crippen LogP contribution in [0.5, 0.6) is 0 Å². The third kappa shape index (κ3) is 3.22. The Hall–Kier alpha value is -0.560. The molecule has 2 heterocycles. The van der Waals surface area contributed by atoms with E-state index in [9.17, 15) is 0 Å². The molecule has 17 heavy (non-hydrogen) atoms. The summed E-state index contributed by atoms with van der Waals surface area (Å²) in [5, 5.41) is 13.9. The van der Waals surface area contributed by atoms with Gasteiger partial charge in [-0.05, 0) is 12.8 Å². The third-order valence-electron chi connectivity index (χ3n) is 2.92. The molecule has 5 nitrogen and oxygen atoms in total. The van der Waals surface area contributed by atoms with Gasteiger partial charge in [0, 0.05) is 19.0 Å². The van der Waals surface area contributed by atoms with Crippen LogP contribution in [0.2, 0.25) is 0 Å². The van der Waals surface area contributed by atoms with Gasteiger partial charge in [0.15, 0.2) is 0 Å². The highest BCUT2D eigenvalue weighted by atomic mass is 32.1. The molecule has 1 aromatic rings. The van der Waals surface area contributed by atoms with E-state index in [1.54, 1.807) is 11.3 Å². The van der Waals surface area contributed by atoms with E-state index in [0.717, 1.165) is 29.0 Å². The van der Waals surface area contributed by atoms with Crippen molar-refractivity contribution >= 4 is 11.3 Å². The summed E-state index contributed by atoms with van der Waals surface area (Å²) in [6.07, 6.45) is 3.61. The van der Waals surface area contributed by atoms with Crippen molar-refractivity contribution in [2.45, 2.75) is 31.4 Å². The molecule has 6 heteroatoms. The fourth-order valence-electron chi connectivity index (χ4n) is 1.80. The molecule has 1 aliphatic heterocycles. The van der Waals surface area contributed by atoms with Gasteiger partial charge in [-0.25, -0.2) is 0 Å². The van der Waals surface area contributed by atoms with Crippen molar-refractivity contribution in [3.63, 3.8) is 0 Å². The minimum absolute atomic E-state index is 0.00797. The maximum Gasteiger partial charge on any atom is 0.148 e. The number of aromatic nitrogens is 2. The quantitative estimate of drug-likeness (QED) is 0.848. The second-order valence-corrected chi connectivity index (χ2v) is 5.54. The Morgan fingerprint density at radius 2 is 2.24 bits per heavy atom. The molecule has 2 aliphatic rings. The Labute approximate surface area is 105 Å². The van der Waals surface area contributed by atoms with E-state index in [1.165, 1.54) is 12.8 Å². The Kier molecular flexibility index (Phi) is 3.65. The van der Waals surface area contributed by atoms with Crippen LogP contribution in [-0.2, 0) is 15.9 Å². The molecule has 94 valence electrons. The Bertz CT molecular complexity index is 361. The highest BCUT2D eigenvalue weighted by molar-refractivity contribution is 7.11. The van der Waals surface area contributed by atoms with Gasteiger partial charge in [0.1, 0.15) is 16.1 Å². The summed E-state index contributed by atoms with van der Waals surface area (Å²) in [5.41, 5.74) is 0. The predicted octanol–water partition coefficient (Wildman–Crippen LogP) is 0.920. The predicted molar refractivity (Wildman–Crippen MR) is 64.1 cm³/mol. The first-order valence-corrected chi connectivity index (χ1v) is 6.98. The Morgan fingerprint density at radius 3 is 3.00 bits per heavy atom. The van der Waals surface area contributed by atoms with Gasteiger partial charge in [0.2, 0.25) is 0 Å². The van der Waals surface area contributed by atoms with Gasteiger partial charge < -0.3 is 14.8 Å². The van der Waals surface area contributed by atoms with Crippen LogP contribution in [0.25, 0.3) is 0 Å². The summed E-state index contributed by atoms with van der Waals surface area (Å²) >= 11 is 1.64. The molecular weight excluding hydrogens is 238 g/mol. The summed E-state index contributed by atoms with van der Waals surface area (Å²) in [4.78, 5) is 0. The second kappa shape index (κ2) is 5.39. The zero-order valence-corrected chi connectivity index (χ0v) is 10.5. The van der Waals surface area contributed by atoms with Gasteiger partial charge in [-0.1, -0.05) is 11.3 Å². The number of hydrogen-bond acceptors (Lipinski definition) is 6. The van der Waals surface area contributed by atoms with Crippen molar-refractivity contribution in [2.75, 3.05) is 26.4 Å². The molecule has 0 amide bonds. The third-order valence-corrected chi connectivity index (χ3v) is 4.00. The normalized spacial score (nSPS) is 25.1. The highest BCUT2D eigenvalue weighted by Gasteiger charge is 2.22. The maximum absolute atomic E-state index is 5.60. The van der Waals surface area contributed by atoms with Crippen molar-refractivity contribution in [1.29, 1.82) is 0 Å². The molecule has 0 aromatic carbocycles. The summed E-state index contributed by atoms with van der Waals surface area (Å²) < 4.78 is 11.0. The Balaban J connectivity index is 1.49. The van der Waals surface area contributed by atoms with Gasteiger partial charge in [-0.15, -0.1) is 10.2 Å². The van der Waals surface area contributed by atoms with Crippen molar-refractivity contribution in [3.05, 3.63) is 10.0 Å². The number of hydrogen-bond donors (Lipinski definition) is 1. The highest BCUT2D eigenvalue weighted by Crippen LogP contribution is 2.24. The zero-order chi connectivity index (χ0) is 11.5. The lowest BCUT2D eigenvalue weighted by Crippen LogP contribution is -2.21. The molecule has 0 bridgehead atoms. The molecule has 0 spiro atoms. The van der Waals surface area contributed by atoms with E-state index >= 15 is 0 Å². The molecule has 0 radical (unpaired) electrons. The van der Waals surface area contributed by atoms with Gasteiger partial charge >= 0.3 is 0 Å². The first-order chi connectivity index (χ1) is 8.42. The molecule has 1 saturated heterocycles. The van der Waals surface area contributed by atoms with Crippen LogP contribution in [0.4, 0.5) is 0 Å². The minimum atomic E-state index is -0.00797. The van der Waals surface area contributed by atoms with E-state index in [2.05, 4.69) is 15.5 Å². The minimum Gasteiger partial charge on any atom is -0.376 e. The Morgan fingerprint density at radius 1 is 1.29 bits per heavy atom. The standard InChI is InChI=1S/C11H17N3O2S/c1-2-8(1)12-4-3-10-13-14-11(17-10)9-7-15-5-6-16-9/h8-9,12H,1-7H2. The molecular formula is C11H17N3O2S. The van der Waals surface area contributed by atoms with Crippen LogP contribution in [0.3, 0.4) is 0 Å². The second-order valence-electron chi connectivity index (χ2n) is 4.45. The lowest BCUT2D eigenvalue weighted by atomic mass is 10.4. The summed E-state index contributed by atoms with van der Waals surface area (Å²) in [6.45, 7) is 2.95. The number of rotatable bonds is 5. The van der Waals surface area contributed by atoms with Crippen molar-refractivity contribution in [3.8, 4) is 0 Å². The molecule has 1 saturated carbocycles. The van der Waals surface area contributed by atoms with Crippen LogP contribution in [0, 0.1) is 0 Å². The molecule has 1 atom stereocenters. The first kappa shape index (κ1) is 11.5. The van der Waals surface area contributed by atoms with Crippen LogP contribution in [0.15, 0.2) is 0 Å². The van der Waals surface area contributed by atoms with Gasteiger partial charge in [-0.2, -0.15) is 0 Å². The summed E-state index contributed by atoms with van der Waals surface area (Å²) in [5.74, 6) is 0. The smallest absolute Gasteiger partial charge is 0.148 e.